The Balaban J connectivity index is 2.31. The number of thiophene rings is 1. The maximum Gasteiger partial charge on any atom is 0.263 e. The van der Waals surface area contributed by atoms with Gasteiger partial charge in [0.2, 0.25) is 0 Å². The number of nitrogens with zero attached hydrogens (tertiary/aromatic N) is 2. The summed E-state index contributed by atoms with van der Waals surface area (Å²) >= 11 is 1.34. The minimum atomic E-state index is -0.143. The van der Waals surface area contributed by atoms with Crippen LogP contribution in [0.4, 0.5) is 10.7 Å². The first-order valence-corrected chi connectivity index (χ1v) is 8.32. The SMILES string of the molecule is CCCN(CCC)c1sc(C(=O)NC2CC2)c(N)c1C#N. The van der Waals surface area contributed by atoms with Gasteiger partial charge in [0, 0.05) is 19.1 Å². The topological polar surface area (TPSA) is 82.2 Å². The van der Waals surface area contributed by atoms with Gasteiger partial charge in [-0.1, -0.05) is 13.8 Å². The quantitative estimate of drug-likeness (QED) is 0.811. The molecule has 1 aromatic heterocycles. The second-order valence-electron chi connectivity index (χ2n) is 5.37. The third kappa shape index (κ3) is 3.48. The van der Waals surface area contributed by atoms with Crippen molar-refractivity contribution in [2.45, 2.75) is 45.6 Å². The molecule has 1 amide bonds. The number of nitrogens with two attached hydrogens (primary N) is 1. The monoisotopic (exact) mass is 306 g/mol. The average Bonchev–Trinajstić information content (AvgIpc) is 3.20. The van der Waals surface area contributed by atoms with Gasteiger partial charge in [-0.05, 0) is 25.7 Å². The van der Waals surface area contributed by atoms with Crippen LogP contribution in [-0.4, -0.2) is 25.0 Å². The second kappa shape index (κ2) is 6.81. The Kier molecular flexibility index (Phi) is 5.07. The third-order valence-corrected chi connectivity index (χ3v) is 4.70. The molecule has 0 saturated heterocycles. The molecule has 3 N–H and O–H groups in total. The van der Waals surface area contributed by atoms with Crippen molar-refractivity contribution in [3.63, 3.8) is 0 Å². The van der Waals surface area contributed by atoms with E-state index in [1.807, 2.05) is 0 Å². The molecule has 2 rings (SSSR count). The molecule has 1 heterocycles. The number of rotatable bonds is 7. The Morgan fingerprint density at radius 2 is 2.05 bits per heavy atom. The van der Waals surface area contributed by atoms with E-state index in [9.17, 15) is 10.1 Å². The number of hydrogen-bond donors (Lipinski definition) is 2. The minimum Gasteiger partial charge on any atom is -0.396 e. The Morgan fingerprint density at radius 3 is 2.52 bits per heavy atom. The van der Waals surface area contributed by atoms with Gasteiger partial charge in [-0.25, -0.2) is 0 Å². The largest absolute Gasteiger partial charge is 0.396 e. The molecule has 0 aromatic carbocycles. The van der Waals surface area contributed by atoms with Crippen LogP contribution >= 0.6 is 11.3 Å². The number of nitrogens with one attached hydrogen (secondary N) is 1. The summed E-state index contributed by atoms with van der Waals surface area (Å²) in [5, 5.41) is 13.2. The van der Waals surface area contributed by atoms with E-state index in [4.69, 9.17) is 5.73 Å². The highest BCUT2D eigenvalue weighted by Gasteiger charge is 2.28. The van der Waals surface area contributed by atoms with Crippen molar-refractivity contribution in [2.24, 2.45) is 0 Å². The van der Waals surface area contributed by atoms with Crippen LogP contribution in [0.2, 0.25) is 0 Å². The third-order valence-electron chi connectivity index (χ3n) is 3.43. The van der Waals surface area contributed by atoms with Gasteiger partial charge in [-0.3, -0.25) is 4.79 Å². The standard InChI is InChI=1S/C15H22N4OS/c1-3-7-19(8-4-2)15-11(9-16)12(17)13(21-15)14(20)18-10-5-6-10/h10H,3-8,17H2,1-2H3,(H,18,20). The van der Waals surface area contributed by atoms with Gasteiger partial charge in [0.15, 0.2) is 0 Å². The van der Waals surface area contributed by atoms with E-state index in [2.05, 4.69) is 30.1 Å². The average molecular weight is 306 g/mol. The van der Waals surface area contributed by atoms with Gasteiger partial charge in [0.1, 0.15) is 21.5 Å². The highest BCUT2D eigenvalue weighted by Crippen LogP contribution is 2.38. The van der Waals surface area contributed by atoms with Crippen LogP contribution < -0.4 is 16.0 Å². The lowest BCUT2D eigenvalue weighted by Gasteiger charge is -2.22. The smallest absolute Gasteiger partial charge is 0.263 e. The van der Waals surface area contributed by atoms with E-state index < -0.39 is 0 Å². The van der Waals surface area contributed by atoms with Gasteiger partial charge in [-0.15, -0.1) is 11.3 Å². The van der Waals surface area contributed by atoms with Crippen molar-refractivity contribution in [3.05, 3.63) is 10.4 Å². The van der Waals surface area contributed by atoms with Crippen LogP contribution in [-0.2, 0) is 0 Å². The van der Waals surface area contributed by atoms with Crippen molar-refractivity contribution in [1.82, 2.24) is 5.32 Å². The lowest BCUT2D eigenvalue weighted by Crippen LogP contribution is -2.25. The molecule has 21 heavy (non-hydrogen) atoms. The van der Waals surface area contributed by atoms with E-state index in [-0.39, 0.29) is 11.9 Å². The fraction of sp³-hybridized carbons (Fsp3) is 0.600. The first kappa shape index (κ1) is 15.6. The molecule has 0 radical (unpaired) electrons. The summed E-state index contributed by atoms with van der Waals surface area (Å²) in [6.07, 6.45) is 4.05. The zero-order valence-corrected chi connectivity index (χ0v) is 13.4. The van der Waals surface area contributed by atoms with Crippen LogP contribution in [0.15, 0.2) is 0 Å². The van der Waals surface area contributed by atoms with Crippen LogP contribution in [0, 0.1) is 11.3 Å². The van der Waals surface area contributed by atoms with Gasteiger partial charge in [0.25, 0.3) is 5.91 Å². The molecule has 1 fully saturated rings. The van der Waals surface area contributed by atoms with Crippen LogP contribution in [0.25, 0.3) is 0 Å². The zero-order valence-electron chi connectivity index (χ0n) is 12.6. The molecule has 0 bridgehead atoms. The van der Waals surface area contributed by atoms with Crippen molar-refractivity contribution in [2.75, 3.05) is 23.7 Å². The van der Waals surface area contributed by atoms with Crippen LogP contribution in [0.1, 0.15) is 54.8 Å². The predicted octanol–water partition coefficient (Wildman–Crippen LogP) is 2.72. The highest BCUT2D eigenvalue weighted by atomic mass is 32.1. The summed E-state index contributed by atoms with van der Waals surface area (Å²) < 4.78 is 0. The van der Waals surface area contributed by atoms with Crippen molar-refractivity contribution in [1.29, 1.82) is 5.26 Å². The molecule has 0 unspecified atom stereocenters. The Labute approximate surface area is 129 Å². The van der Waals surface area contributed by atoms with Crippen LogP contribution in [0.5, 0.6) is 0 Å². The van der Waals surface area contributed by atoms with E-state index in [0.29, 0.717) is 16.1 Å². The summed E-state index contributed by atoms with van der Waals surface area (Å²) in [6.45, 7) is 5.94. The Morgan fingerprint density at radius 1 is 1.43 bits per heavy atom. The van der Waals surface area contributed by atoms with E-state index >= 15 is 0 Å². The lowest BCUT2D eigenvalue weighted by molar-refractivity contribution is 0.0956. The first-order chi connectivity index (χ1) is 10.1. The summed E-state index contributed by atoms with van der Waals surface area (Å²) in [7, 11) is 0. The normalized spacial score (nSPS) is 13.8. The number of hydrogen-bond acceptors (Lipinski definition) is 5. The summed E-state index contributed by atoms with van der Waals surface area (Å²) in [6, 6.07) is 2.46. The van der Waals surface area contributed by atoms with Crippen molar-refractivity contribution >= 4 is 27.9 Å². The number of nitriles is 1. The van der Waals surface area contributed by atoms with Gasteiger partial charge in [0.05, 0.1) is 5.69 Å². The zero-order chi connectivity index (χ0) is 15.4. The fourth-order valence-corrected chi connectivity index (χ4v) is 3.39. The molecule has 0 aliphatic heterocycles. The van der Waals surface area contributed by atoms with Gasteiger partial charge in [-0.2, -0.15) is 5.26 Å². The molecule has 1 aliphatic rings. The molecule has 0 atom stereocenters. The number of amides is 1. The fourth-order valence-electron chi connectivity index (χ4n) is 2.26. The van der Waals surface area contributed by atoms with E-state index in [1.54, 1.807) is 0 Å². The summed E-state index contributed by atoms with van der Waals surface area (Å²) in [5.74, 6) is -0.143. The maximum absolute atomic E-state index is 12.2. The number of anilines is 2. The van der Waals surface area contributed by atoms with Gasteiger partial charge < -0.3 is 16.0 Å². The molecule has 1 aromatic rings. The number of nitrogen functional groups attached to an aromatic ring is 1. The summed E-state index contributed by atoms with van der Waals surface area (Å²) in [5.41, 5.74) is 6.82. The van der Waals surface area contributed by atoms with E-state index in [0.717, 1.165) is 43.8 Å². The van der Waals surface area contributed by atoms with Crippen LogP contribution in [0.3, 0.4) is 0 Å². The Bertz CT molecular complexity index is 551. The van der Waals surface area contributed by atoms with Crippen molar-refractivity contribution in [3.8, 4) is 6.07 Å². The molecule has 1 saturated carbocycles. The molecule has 6 heteroatoms. The minimum absolute atomic E-state index is 0.143. The molecule has 1 aliphatic carbocycles. The predicted molar refractivity (Wildman–Crippen MR) is 86.7 cm³/mol. The molecular weight excluding hydrogens is 284 g/mol. The van der Waals surface area contributed by atoms with E-state index in [1.165, 1.54) is 11.3 Å². The molecule has 5 nitrogen and oxygen atoms in total. The summed E-state index contributed by atoms with van der Waals surface area (Å²) in [4.78, 5) is 14.9. The lowest BCUT2D eigenvalue weighted by atomic mass is 10.2. The highest BCUT2D eigenvalue weighted by molar-refractivity contribution is 7.19. The molecule has 0 spiro atoms. The first-order valence-electron chi connectivity index (χ1n) is 7.50. The number of carbonyl (C=O) groups is 1. The molecule has 114 valence electrons. The van der Waals surface area contributed by atoms with Crippen molar-refractivity contribution < 1.29 is 4.79 Å². The molecular formula is C15H22N4OS. The maximum atomic E-state index is 12.2. The van der Waals surface area contributed by atoms with Gasteiger partial charge >= 0.3 is 0 Å². The Hall–Kier alpha value is -1.74. The number of carbonyl (C=O) groups excluding carboxylic acids is 1. The second-order valence-corrected chi connectivity index (χ2v) is 6.37.